The van der Waals surface area contributed by atoms with E-state index in [1.165, 1.54) is 17.0 Å². The molecular formula is C25H27N11O8S2. The minimum atomic E-state index is -2.08. The molecule has 0 saturated carbocycles. The number of carboxylic acid groups (broad SMARTS) is 1. The molecule has 0 aliphatic carbocycles. The summed E-state index contributed by atoms with van der Waals surface area (Å²) in [6, 6.07) is 5.37. The number of thioether (sulfide) groups is 2. The van der Waals surface area contributed by atoms with Crippen molar-refractivity contribution < 1.29 is 38.7 Å². The van der Waals surface area contributed by atoms with Crippen LogP contribution in [0.1, 0.15) is 18.5 Å². The summed E-state index contributed by atoms with van der Waals surface area (Å²) in [7, 11) is 0. The zero-order valence-electron chi connectivity index (χ0n) is 24.0. The molecule has 4 heterocycles. The van der Waals surface area contributed by atoms with Crippen LogP contribution in [0.5, 0.6) is 0 Å². The van der Waals surface area contributed by atoms with Crippen LogP contribution < -0.4 is 21.8 Å². The second-order valence-electron chi connectivity index (χ2n) is 9.98. The fraction of sp³-hybridized carbons (Fsp3) is 0.360. The predicted octanol–water partition coefficient (Wildman–Crippen LogP) is -2.57. The van der Waals surface area contributed by atoms with E-state index in [0.29, 0.717) is 10.5 Å². The summed E-state index contributed by atoms with van der Waals surface area (Å²) in [4.78, 5) is 93.7. The topological polar surface area (TPSA) is 255 Å². The third-order valence-electron chi connectivity index (χ3n) is 7.40. The summed E-state index contributed by atoms with van der Waals surface area (Å²) in [5.41, 5.74) is -1.82. The smallest absolute Gasteiger partial charge is 0.352 e. The molecule has 5 rings (SSSR count). The summed E-state index contributed by atoms with van der Waals surface area (Å²) in [5.74, 6) is 0.545. The average Bonchev–Trinajstić information content (AvgIpc) is 3.47. The number of benzene rings is 1. The van der Waals surface area contributed by atoms with E-state index in [2.05, 4.69) is 31.5 Å². The van der Waals surface area contributed by atoms with Gasteiger partial charge in [0.15, 0.2) is 0 Å². The van der Waals surface area contributed by atoms with Crippen LogP contribution >= 0.6 is 23.5 Å². The maximum absolute atomic E-state index is 13.9. The van der Waals surface area contributed by atoms with Gasteiger partial charge in [0.05, 0.1) is 0 Å². The molecule has 46 heavy (non-hydrogen) atoms. The van der Waals surface area contributed by atoms with Crippen LogP contribution in [0.3, 0.4) is 0 Å². The Morgan fingerprint density at radius 2 is 1.93 bits per heavy atom. The molecule has 2 aromatic rings. The first kappa shape index (κ1) is 32.2. The predicted molar refractivity (Wildman–Crippen MR) is 158 cm³/mol. The highest BCUT2D eigenvalue weighted by atomic mass is 32.2. The van der Waals surface area contributed by atoms with Gasteiger partial charge in [-0.15, -0.1) is 16.6 Å². The summed E-state index contributed by atoms with van der Waals surface area (Å²) in [6.45, 7) is 1.96. The number of carboxylic acids is 1. The van der Waals surface area contributed by atoms with Gasteiger partial charge in [0.1, 0.15) is 17.1 Å². The summed E-state index contributed by atoms with van der Waals surface area (Å²) in [6.07, 6.45) is 0.195. The van der Waals surface area contributed by atoms with E-state index in [1.807, 2.05) is 0 Å². The number of carbonyl (C=O) groups excluding carboxylic acids is 6. The zero-order chi connectivity index (χ0) is 33.2. The van der Waals surface area contributed by atoms with Crippen LogP contribution in [0.15, 0.2) is 46.8 Å². The molecule has 3 aliphatic rings. The Bertz CT molecular complexity index is 1640. The third kappa shape index (κ3) is 5.69. The number of aromatic nitrogens is 4. The van der Waals surface area contributed by atoms with E-state index in [9.17, 15) is 38.7 Å². The van der Waals surface area contributed by atoms with Crippen LogP contribution in [0.4, 0.5) is 4.79 Å². The molecule has 3 atom stereocenters. The maximum Gasteiger partial charge on any atom is 0.352 e. The van der Waals surface area contributed by atoms with Crippen LogP contribution in [-0.4, -0.2) is 124 Å². The molecule has 0 radical (unpaired) electrons. The number of likely N-dealkylation sites (N-methyl/N-ethyl adjacent to an activating group) is 1. The highest BCUT2D eigenvalue weighted by molar-refractivity contribution is 8.01. The van der Waals surface area contributed by atoms with Crippen LogP contribution in [0, 0.1) is 0 Å². The number of nitrogen functional groups attached to an aromatic ring is 1. The normalized spacial score (nSPS) is 21.7. The van der Waals surface area contributed by atoms with Crippen molar-refractivity contribution in [1.29, 1.82) is 0 Å². The molecular weight excluding hydrogens is 646 g/mol. The van der Waals surface area contributed by atoms with Gasteiger partial charge in [0, 0.05) is 31.1 Å². The zero-order valence-corrected chi connectivity index (χ0v) is 25.6. The number of piperazine rings is 1. The SMILES string of the molecule is CCN1CCN(C(=O)NC(C(=O)N[C@]2(NC=O)C(=O)N3C(C(=O)O)=C(CSc4nnnn4N)CS[C@@H]32)c2ccccc2)C(=O)C1=O. The largest absolute Gasteiger partial charge is 0.477 e. The quantitative estimate of drug-likeness (QED) is 0.0411. The number of fused-ring (bicyclic) bond motifs is 1. The molecule has 1 aromatic carbocycles. The van der Waals surface area contributed by atoms with Crippen molar-refractivity contribution in [2.45, 2.75) is 29.2 Å². The van der Waals surface area contributed by atoms with E-state index in [1.54, 1.807) is 25.1 Å². The number of imide groups is 1. The van der Waals surface area contributed by atoms with E-state index in [0.717, 1.165) is 33.2 Å². The molecule has 0 spiro atoms. The van der Waals surface area contributed by atoms with Gasteiger partial charge in [-0.2, -0.15) is 0 Å². The lowest BCUT2D eigenvalue weighted by Gasteiger charge is -2.56. The molecule has 6 N–H and O–H groups in total. The third-order valence-corrected chi connectivity index (χ3v) is 9.81. The van der Waals surface area contributed by atoms with Crippen LogP contribution in [-0.2, 0) is 28.8 Å². The summed E-state index contributed by atoms with van der Waals surface area (Å²) < 4.78 is 0. The van der Waals surface area contributed by atoms with E-state index < -0.39 is 52.7 Å². The van der Waals surface area contributed by atoms with Gasteiger partial charge in [-0.05, 0) is 28.5 Å². The molecule has 2 fully saturated rings. The number of nitrogens with zero attached hydrogens (tertiary/aromatic N) is 7. The van der Waals surface area contributed by atoms with Crippen LogP contribution in [0.2, 0.25) is 0 Å². The van der Waals surface area contributed by atoms with Gasteiger partial charge >= 0.3 is 23.8 Å². The Hall–Kier alpha value is -5.18. The molecule has 7 amide bonds. The number of tetrazole rings is 1. The van der Waals surface area contributed by atoms with Crippen molar-refractivity contribution in [1.82, 2.24) is 51.0 Å². The second-order valence-corrected chi connectivity index (χ2v) is 12.0. The van der Waals surface area contributed by atoms with Gasteiger partial charge in [0.25, 0.3) is 5.91 Å². The van der Waals surface area contributed by atoms with Crippen molar-refractivity contribution in [2.75, 3.05) is 37.0 Å². The number of nitrogens with two attached hydrogens (primary N) is 1. The van der Waals surface area contributed by atoms with Gasteiger partial charge < -0.3 is 31.8 Å². The number of aliphatic carboxylic acids is 1. The Balaban J connectivity index is 1.39. The first-order valence-electron chi connectivity index (χ1n) is 13.6. The van der Waals surface area contributed by atoms with Crippen molar-refractivity contribution in [3.63, 3.8) is 0 Å². The maximum atomic E-state index is 13.9. The number of carbonyl (C=O) groups is 7. The van der Waals surface area contributed by atoms with Gasteiger partial charge in [-0.25, -0.2) is 9.59 Å². The van der Waals surface area contributed by atoms with Crippen LogP contribution in [0.25, 0.3) is 0 Å². The second kappa shape index (κ2) is 13.0. The lowest BCUT2D eigenvalue weighted by molar-refractivity contribution is -0.163. The number of nitrogens with one attached hydrogen (secondary N) is 3. The number of hydrogen-bond acceptors (Lipinski definition) is 13. The van der Waals surface area contributed by atoms with Crippen molar-refractivity contribution in [3.8, 4) is 0 Å². The highest BCUT2D eigenvalue weighted by Crippen LogP contribution is 2.46. The molecule has 3 aliphatic heterocycles. The number of amides is 7. The van der Waals surface area contributed by atoms with Gasteiger partial charge in [0.2, 0.25) is 23.1 Å². The summed E-state index contributed by atoms with van der Waals surface area (Å²) >= 11 is 2.13. The molecule has 242 valence electrons. The first-order chi connectivity index (χ1) is 22.0. The number of urea groups is 1. The Morgan fingerprint density at radius 3 is 2.57 bits per heavy atom. The fourth-order valence-electron chi connectivity index (χ4n) is 5.12. The number of rotatable bonds is 11. The number of β-lactam (4-membered cyclic amide) rings is 1. The minimum Gasteiger partial charge on any atom is -0.477 e. The highest BCUT2D eigenvalue weighted by Gasteiger charge is 2.66. The van der Waals surface area contributed by atoms with Crippen molar-refractivity contribution in [2.24, 2.45) is 0 Å². The average molecular weight is 674 g/mol. The molecule has 2 saturated heterocycles. The van der Waals surface area contributed by atoms with Gasteiger partial charge in [-0.1, -0.05) is 47.2 Å². The number of hydrogen-bond donors (Lipinski definition) is 5. The molecule has 19 nitrogen and oxygen atoms in total. The first-order valence-corrected chi connectivity index (χ1v) is 15.6. The standard InChI is InChI=1S/C25H27N11O8S2/c1-2-33-8-9-34(19(40)18(33)39)23(44)28-15(13-6-4-3-5-7-13)17(38)29-25(27-12-37)21(43)35-16(20(41)42)14(10-45-22(25)35)11-46-24-30-31-32-36(24)26/h3-7,12,15,22H,2,8-11,26H2,1H3,(H,27,37)(H,28,44)(H,29,38)(H,41,42)/t15?,22-,25-/m1/s1. The fourth-order valence-corrected chi connectivity index (χ4v) is 7.48. The molecule has 1 unspecified atom stereocenters. The molecule has 0 bridgehead atoms. The van der Waals surface area contributed by atoms with Crippen molar-refractivity contribution in [3.05, 3.63) is 47.2 Å². The lowest BCUT2D eigenvalue weighted by atomic mass is 9.94. The Labute approximate surface area is 268 Å². The summed E-state index contributed by atoms with van der Waals surface area (Å²) in [5, 5.41) is 27.1. The Morgan fingerprint density at radius 1 is 1.20 bits per heavy atom. The molecule has 21 heteroatoms. The Kier molecular flexibility index (Phi) is 9.14. The van der Waals surface area contributed by atoms with E-state index in [4.69, 9.17) is 5.84 Å². The molecule has 1 aromatic heterocycles. The van der Waals surface area contributed by atoms with E-state index >= 15 is 0 Å². The van der Waals surface area contributed by atoms with Crippen molar-refractivity contribution >= 4 is 65.6 Å². The van der Waals surface area contributed by atoms with Gasteiger partial charge in [-0.3, -0.25) is 33.8 Å². The van der Waals surface area contributed by atoms with E-state index in [-0.39, 0.29) is 54.0 Å². The monoisotopic (exact) mass is 673 g/mol. The minimum absolute atomic E-state index is 0.0685. The lowest BCUT2D eigenvalue weighted by Crippen LogP contribution is -2.85.